The van der Waals surface area contributed by atoms with E-state index in [0.717, 1.165) is 24.3 Å². The molecule has 1 heterocycles. The lowest BCUT2D eigenvalue weighted by molar-refractivity contribution is 0.209. The molecule has 100 valence electrons. The van der Waals surface area contributed by atoms with Crippen LogP contribution in [0.2, 0.25) is 0 Å². The Morgan fingerprint density at radius 1 is 1.11 bits per heavy atom. The van der Waals surface area contributed by atoms with Crippen LogP contribution in [0.1, 0.15) is 43.7 Å². The molecule has 1 aromatic rings. The lowest BCUT2D eigenvalue weighted by Gasteiger charge is -2.28. The van der Waals surface area contributed by atoms with E-state index in [9.17, 15) is 0 Å². The third-order valence-electron chi connectivity index (χ3n) is 3.99. The number of rotatable bonds is 4. The van der Waals surface area contributed by atoms with Crippen LogP contribution in [-0.4, -0.2) is 22.8 Å². The SMILES string of the molecule is CCc1ccc(CN2CCCCCC2CBr)cc1. The summed E-state index contributed by atoms with van der Waals surface area (Å²) < 4.78 is 0. The van der Waals surface area contributed by atoms with Crippen molar-refractivity contribution in [3.63, 3.8) is 0 Å². The molecule has 0 bridgehead atoms. The third-order valence-corrected chi connectivity index (χ3v) is 4.74. The van der Waals surface area contributed by atoms with Gasteiger partial charge in [0.2, 0.25) is 0 Å². The highest BCUT2D eigenvalue weighted by Gasteiger charge is 2.19. The smallest absolute Gasteiger partial charge is 0.0237 e. The molecule has 1 aliphatic rings. The van der Waals surface area contributed by atoms with E-state index < -0.39 is 0 Å². The molecule has 1 aliphatic heterocycles. The summed E-state index contributed by atoms with van der Waals surface area (Å²) in [6.45, 7) is 4.58. The number of alkyl halides is 1. The summed E-state index contributed by atoms with van der Waals surface area (Å²) in [5.74, 6) is 0. The summed E-state index contributed by atoms with van der Waals surface area (Å²) in [6.07, 6.45) is 6.62. The van der Waals surface area contributed by atoms with Gasteiger partial charge in [0, 0.05) is 17.9 Å². The Morgan fingerprint density at radius 2 is 1.83 bits per heavy atom. The molecule has 0 amide bonds. The number of hydrogen-bond donors (Lipinski definition) is 0. The molecule has 1 saturated heterocycles. The second-order valence-corrected chi connectivity index (χ2v) is 5.95. The van der Waals surface area contributed by atoms with E-state index in [2.05, 4.69) is 52.0 Å². The third kappa shape index (κ3) is 3.83. The second kappa shape index (κ2) is 7.30. The maximum Gasteiger partial charge on any atom is 0.0237 e. The topological polar surface area (TPSA) is 3.24 Å². The van der Waals surface area contributed by atoms with Gasteiger partial charge in [0.1, 0.15) is 0 Å². The average Bonchev–Trinajstić information content (AvgIpc) is 2.64. The van der Waals surface area contributed by atoms with Crippen LogP contribution in [0.3, 0.4) is 0 Å². The van der Waals surface area contributed by atoms with Gasteiger partial charge in [-0.3, -0.25) is 4.90 Å². The number of nitrogens with zero attached hydrogens (tertiary/aromatic N) is 1. The molecule has 1 aromatic carbocycles. The summed E-state index contributed by atoms with van der Waals surface area (Å²) in [5.41, 5.74) is 2.90. The van der Waals surface area contributed by atoms with Crippen molar-refractivity contribution in [3.8, 4) is 0 Å². The molecule has 2 rings (SSSR count). The van der Waals surface area contributed by atoms with Crippen LogP contribution in [0.15, 0.2) is 24.3 Å². The Hall–Kier alpha value is -0.340. The molecular weight excluding hydrogens is 286 g/mol. The minimum atomic E-state index is 0.721. The maximum absolute atomic E-state index is 3.68. The Morgan fingerprint density at radius 3 is 2.50 bits per heavy atom. The van der Waals surface area contributed by atoms with Gasteiger partial charge < -0.3 is 0 Å². The summed E-state index contributed by atoms with van der Waals surface area (Å²) in [4.78, 5) is 2.66. The van der Waals surface area contributed by atoms with Crippen LogP contribution in [0.5, 0.6) is 0 Å². The van der Waals surface area contributed by atoms with Crippen molar-refractivity contribution >= 4 is 15.9 Å². The van der Waals surface area contributed by atoms with Gasteiger partial charge in [0.05, 0.1) is 0 Å². The van der Waals surface area contributed by atoms with Crippen molar-refractivity contribution in [1.82, 2.24) is 4.90 Å². The fourth-order valence-electron chi connectivity index (χ4n) is 2.73. The zero-order valence-electron chi connectivity index (χ0n) is 11.4. The minimum absolute atomic E-state index is 0.721. The molecule has 18 heavy (non-hydrogen) atoms. The predicted octanol–water partition coefficient (Wildman–Crippen LogP) is 4.39. The molecule has 0 aromatic heterocycles. The van der Waals surface area contributed by atoms with Crippen LogP contribution < -0.4 is 0 Å². The Labute approximate surface area is 120 Å². The van der Waals surface area contributed by atoms with Crippen molar-refractivity contribution in [1.29, 1.82) is 0 Å². The standard InChI is InChI=1S/C16H24BrN/c1-2-14-7-9-15(10-8-14)13-18-11-5-3-4-6-16(18)12-17/h7-10,16H,2-6,11-13H2,1H3. The molecule has 0 saturated carbocycles. The second-order valence-electron chi connectivity index (χ2n) is 5.30. The fourth-order valence-corrected chi connectivity index (χ4v) is 3.47. The molecule has 0 N–H and O–H groups in total. The first kappa shape index (κ1) is 14.1. The van der Waals surface area contributed by atoms with Crippen molar-refractivity contribution in [2.75, 3.05) is 11.9 Å². The quantitative estimate of drug-likeness (QED) is 0.746. The molecule has 0 aliphatic carbocycles. The van der Waals surface area contributed by atoms with Gasteiger partial charge in [-0.25, -0.2) is 0 Å². The monoisotopic (exact) mass is 309 g/mol. The number of aryl methyl sites for hydroxylation is 1. The van der Waals surface area contributed by atoms with Crippen molar-refractivity contribution in [3.05, 3.63) is 35.4 Å². The highest BCUT2D eigenvalue weighted by Crippen LogP contribution is 2.20. The van der Waals surface area contributed by atoms with E-state index in [-0.39, 0.29) is 0 Å². The predicted molar refractivity (Wildman–Crippen MR) is 82.3 cm³/mol. The van der Waals surface area contributed by atoms with E-state index in [4.69, 9.17) is 0 Å². The van der Waals surface area contributed by atoms with E-state index >= 15 is 0 Å². The van der Waals surface area contributed by atoms with Crippen LogP contribution >= 0.6 is 15.9 Å². The number of halogens is 1. The highest BCUT2D eigenvalue weighted by molar-refractivity contribution is 9.09. The van der Waals surface area contributed by atoms with Gasteiger partial charge in [-0.2, -0.15) is 0 Å². The molecule has 2 heteroatoms. The fraction of sp³-hybridized carbons (Fsp3) is 0.625. The minimum Gasteiger partial charge on any atom is -0.295 e. The van der Waals surface area contributed by atoms with E-state index in [0.29, 0.717) is 0 Å². The van der Waals surface area contributed by atoms with Gasteiger partial charge in [0.15, 0.2) is 0 Å². The summed E-state index contributed by atoms with van der Waals surface area (Å²) in [6, 6.07) is 9.87. The molecule has 0 spiro atoms. The molecule has 1 fully saturated rings. The number of likely N-dealkylation sites (tertiary alicyclic amines) is 1. The van der Waals surface area contributed by atoms with Crippen molar-refractivity contribution in [2.45, 2.75) is 51.6 Å². The van der Waals surface area contributed by atoms with Crippen LogP contribution in [-0.2, 0) is 13.0 Å². The lowest BCUT2D eigenvalue weighted by Crippen LogP contribution is -2.35. The van der Waals surface area contributed by atoms with E-state index in [1.807, 2.05) is 0 Å². The van der Waals surface area contributed by atoms with Gasteiger partial charge in [-0.1, -0.05) is 60.0 Å². The van der Waals surface area contributed by atoms with Gasteiger partial charge in [-0.05, 0) is 36.9 Å². The maximum atomic E-state index is 3.68. The normalized spacial score (nSPS) is 21.8. The van der Waals surface area contributed by atoms with Crippen LogP contribution in [0.25, 0.3) is 0 Å². The molecule has 0 radical (unpaired) electrons. The van der Waals surface area contributed by atoms with Crippen LogP contribution in [0.4, 0.5) is 0 Å². The first-order valence-electron chi connectivity index (χ1n) is 7.21. The number of benzene rings is 1. The Kier molecular flexibility index (Phi) is 5.71. The van der Waals surface area contributed by atoms with E-state index in [1.54, 1.807) is 0 Å². The largest absolute Gasteiger partial charge is 0.295 e. The zero-order chi connectivity index (χ0) is 12.8. The first-order valence-corrected chi connectivity index (χ1v) is 8.33. The summed E-state index contributed by atoms with van der Waals surface area (Å²) in [7, 11) is 0. The van der Waals surface area contributed by atoms with Gasteiger partial charge in [0.25, 0.3) is 0 Å². The van der Waals surface area contributed by atoms with E-state index in [1.165, 1.54) is 43.4 Å². The molecule has 1 atom stereocenters. The average molecular weight is 310 g/mol. The molecule has 1 unspecified atom stereocenters. The Bertz CT molecular complexity index is 347. The highest BCUT2D eigenvalue weighted by atomic mass is 79.9. The van der Waals surface area contributed by atoms with Crippen molar-refractivity contribution < 1.29 is 0 Å². The van der Waals surface area contributed by atoms with Crippen LogP contribution in [0, 0.1) is 0 Å². The van der Waals surface area contributed by atoms with Gasteiger partial charge in [-0.15, -0.1) is 0 Å². The zero-order valence-corrected chi connectivity index (χ0v) is 13.0. The summed E-state index contributed by atoms with van der Waals surface area (Å²) >= 11 is 3.68. The first-order chi connectivity index (χ1) is 8.83. The number of hydrogen-bond acceptors (Lipinski definition) is 1. The Balaban J connectivity index is 2.00. The van der Waals surface area contributed by atoms with Crippen molar-refractivity contribution in [2.24, 2.45) is 0 Å². The molecule has 1 nitrogen and oxygen atoms in total. The molecular formula is C16H24BrN. The lowest BCUT2D eigenvalue weighted by atomic mass is 10.1. The van der Waals surface area contributed by atoms with Gasteiger partial charge >= 0.3 is 0 Å². The summed E-state index contributed by atoms with van der Waals surface area (Å²) in [5, 5.41) is 1.11.